The summed E-state index contributed by atoms with van der Waals surface area (Å²) in [5.41, 5.74) is 2.96. The lowest BCUT2D eigenvalue weighted by molar-refractivity contribution is -0.153. The van der Waals surface area contributed by atoms with Crippen molar-refractivity contribution in [2.45, 2.75) is 33.3 Å². The molecular formula is C20H23NO4. The molecule has 5 heteroatoms. The summed E-state index contributed by atoms with van der Waals surface area (Å²) in [6, 6.07) is 14.9. The molecule has 0 saturated heterocycles. The third kappa shape index (κ3) is 5.95. The molecule has 25 heavy (non-hydrogen) atoms. The molecule has 0 aliphatic rings. The van der Waals surface area contributed by atoms with Crippen LogP contribution in [0.4, 0.5) is 5.69 Å². The summed E-state index contributed by atoms with van der Waals surface area (Å²) in [5.74, 6) is -0.396. The van der Waals surface area contributed by atoms with E-state index in [0.29, 0.717) is 11.4 Å². The Labute approximate surface area is 148 Å². The number of rotatable bonds is 7. The van der Waals surface area contributed by atoms with Crippen molar-refractivity contribution in [1.29, 1.82) is 0 Å². The second kappa shape index (κ2) is 8.87. The topological polar surface area (TPSA) is 64.6 Å². The summed E-state index contributed by atoms with van der Waals surface area (Å²) in [5, 5.41) is 2.69. The summed E-state index contributed by atoms with van der Waals surface area (Å²) < 4.78 is 10.5. The Morgan fingerprint density at radius 1 is 1.04 bits per heavy atom. The van der Waals surface area contributed by atoms with Gasteiger partial charge in [0.2, 0.25) is 0 Å². The molecule has 0 aromatic heterocycles. The van der Waals surface area contributed by atoms with Gasteiger partial charge in [0.05, 0.1) is 0 Å². The Hall–Kier alpha value is -2.82. The van der Waals surface area contributed by atoms with Crippen molar-refractivity contribution in [3.63, 3.8) is 0 Å². The number of aryl methyl sites for hydroxylation is 2. The molecule has 132 valence electrons. The molecule has 2 rings (SSSR count). The zero-order valence-corrected chi connectivity index (χ0v) is 14.7. The van der Waals surface area contributed by atoms with Crippen LogP contribution in [-0.2, 0) is 20.7 Å². The molecule has 1 N–H and O–H groups in total. The summed E-state index contributed by atoms with van der Waals surface area (Å²) in [7, 11) is 0. The van der Waals surface area contributed by atoms with Crippen molar-refractivity contribution in [2.75, 3.05) is 11.9 Å². The van der Waals surface area contributed by atoms with Crippen LogP contribution < -0.4 is 10.1 Å². The van der Waals surface area contributed by atoms with Crippen LogP contribution in [0, 0.1) is 6.92 Å². The van der Waals surface area contributed by atoms with Gasteiger partial charge in [-0.25, -0.2) is 4.79 Å². The van der Waals surface area contributed by atoms with Crippen LogP contribution in [-0.4, -0.2) is 24.6 Å². The molecule has 0 bridgehead atoms. The Balaban J connectivity index is 1.77. The Morgan fingerprint density at radius 2 is 1.68 bits per heavy atom. The molecule has 5 nitrogen and oxygen atoms in total. The number of carbonyl (C=O) groups excluding carboxylic acids is 2. The van der Waals surface area contributed by atoms with Gasteiger partial charge in [0.1, 0.15) is 5.75 Å². The van der Waals surface area contributed by atoms with E-state index in [-0.39, 0.29) is 12.5 Å². The van der Waals surface area contributed by atoms with Gasteiger partial charge < -0.3 is 14.8 Å². The van der Waals surface area contributed by atoms with Gasteiger partial charge in [-0.2, -0.15) is 0 Å². The fraction of sp³-hybridized carbons (Fsp3) is 0.300. The van der Waals surface area contributed by atoms with Crippen LogP contribution in [0.1, 0.15) is 25.0 Å². The largest absolute Gasteiger partial charge is 0.479 e. The molecule has 1 unspecified atom stereocenters. The molecule has 0 spiro atoms. The highest BCUT2D eigenvalue weighted by atomic mass is 16.6. The van der Waals surface area contributed by atoms with E-state index < -0.39 is 12.1 Å². The second-order valence-corrected chi connectivity index (χ2v) is 5.78. The van der Waals surface area contributed by atoms with Crippen molar-refractivity contribution < 1.29 is 19.1 Å². The molecular weight excluding hydrogens is 318 g/mol. The lowest BCUT2D eigenvalue weighted by Crippen LogP contribution is -2.29. The van der Waals surface area contributed by atoms with E-state index in [1.54, 1.807) is 19.1 Å². The van der Waals surface area contributed by atoms with E-state index >= 15 is 0 Å². The molecule has 2 aromatic carbocycles. The van der Waals surface area contributed by atoms with E-state index in [1.165, 1.54) is 5.56 Å². The monoisotopic (exact) mass is 341 g/mol. The second-order valence-electron chi connectivity index (χ2n) is 5.78. The highest BCUT2D eigenvalue weighted by molar-refractivity contribution is 5.93. The average molecular weight is 341 g/mol. The first kappa shape index (κ1) is 18.5. The SMILES string of the molecule is CCc1ccc(NC(=O)COC(=O)C(C)Oc2ccc(C)cc2)cc1. The van der Waals surface area contributed by atoms with Crippen LogP contribution in [0.2, 0.25) is 0 Å². The predicted molar refractivity (Wildman–Crippen MR) is 96.7 cm³/mol. The van der Waals surface area contributed by atoms with Gasteiger partial charge in [0, 0.05) is 5.69 Å². The minimum absolute atomic E-state index is 0.351. The smallest absolute Gasteiger partial charge is 0.347 e. The van der Waals surface area contributed by atoms with E-state index in [2.05, 4.69) is 12.2 Å². The van der Waals surface area contributed by atoms with Gasteiger partial charge in [-0.05, 0) is 50.1 Å². The molecule has 1 atom stereocenters. The van der Waals surface area contributed by atoms with Gasteiger partial charge in [-0.3, -0.25) is 4.79 Å². The maximum absolute atomic E-state index is 11.9. The van der Waals surface area contributed by atoms with Crippen molar-refractivity contribution in [3.8, 4) is 5.75 Å². The van der Waals surface area contributed by atoms with Gasteiger partial charge >= 0.3 is 5.97 Å². The first-order chi connectivity index (χ1) is 12.0. The molecule has 0 aliphatic carbocycles. The Bertz CT molecular complexity index is 707. The fourth-order valence-corrected chi connectivity index (χ4v) is 2.14. The molecule has 0 fully saturated rings. The van der Waals surface area contributed by atoms with Crippen LogP contribution in [0.3, 0.4) is 0 Å². The third-order valence-corrected chi connectivity index (χ3v) is 3.66. The van der Waals surface area contributed by atoms with Crippen LogP contribution in [0.25, 0.3) is 0 Å². The van der Waals surface area contributed by atoms with Crippen molar-refractivity contribution in [3.05, 3.63) is 59.7 Å². The summed E-state index contributed by atoms with van der Waals surface area (Å²) in [6.07, 6.45) is 0.143. The van der Waals surface area contributed by atoms with Crippen molar-refractivity contribution >= 4 is 17.6 Å². The van der Waals surface area contributed by atoms with E-state index in [4.69, 9.17) is 9.47 Å². The minimum atomic E-state index is -0.792. The number of amides is 1. The van der Waals surface area contributed by atoms with Crippen LogP contribution >= 0.6 is 0 Å². The van der Waals surface area contributed by atoms with Gasteiger partial charge in [0.25, 0.3) is 5.91 Å². The molecule has 0 heterocycles. The number of hydrogen-bond acceptors (Lipinski definition) is 4. The van der Waals surface area contributed by atoms with E-state index in [9.17, 15) is 9.59 Å². The summed E-state index contributed by atoms with van der Waals surface area (Å²) in [6.45, 7) is 5.27. The lowest BCUT2D eigenvalue weighted by Gasteiger charge is -2.14. The quantitative estimate of drug-likeness (QED) is 0.783. The maximum atomic E-state index is 11.9. The summed E-state index contributed by atoms with van der Waals surface area (Å²) in [4.78, 5) is 23.8. The van der Waals surface area contributed by atoms with E-state index in [1.807, 2.05) is 43.3 Å². The number of benzene rings is 2. The number of nitrogens with one attached hydrogen (secondary N) is 1. The standard InChI is InChI=1S/C20H23NO4/c1-4-16-7-9-17(10-8-16)21-19(22)13-24-20(23)15(3)25-18-11-5-14(2)6-12-18/h5-12,15H,4,13H2,1-3H3,(H,21,22). The zero-order valence-electron chi connectivity index (χ0n) is 14.7. The number of carbonyl (C=O) groups is 2. The maximum Gasteiger partial charge on any atom is 0.347 e. The summed E-state index contributed by atoms with van der Waals surface area (Å²) >= 11 is 0. The predicted octanol–water partition coefficient (Wildman–Crippen LogP) is 3.51. The molecule has 1 amide bonds. The van der Waals surface area contributed by atoms with Gasteiger partial charge in [-0.15, -0.1) is 0 Å². The number of ether oxygens (including phenoxy) is 2. The average Bonchev–Trinajstić information content (AvgIpc) is 2.62. The fourth-order valence-electron chi connectivity index (χ4n) is 2.14. The normalized spacial score (nSPS) is 11.5. The first-order valence-electron chi connectivity index (χ1n) is 8.26. The molecule has 2 aromatic rings. The minimum Gasteiger partial charge on any atom is -0.479 e. The van der Waals surface area contributed by atoms with Gasteiger partial charge in [-0.1, -0.05) is 36.8 Å². The van der Waals surface area contributed by atoms with Gasteiger partial charge in [0.15, 0.2) is 12.7 Å². The number of hydrogen-bond donors (Lipinski definition) is 1. The molecule has 0 saturated carbocycles. The number of anilines is 1. The van der Waals surface area contributed by atoms with E-state index in [0.717, 1.165) is 12.0 Å². The molecule has 0 radical (unpaired) electrons. The molecule has 0 aliphatic heterocycles. The van der Waals surface area contributed by atoms with Crippen LogP contribution in [0.5, 0.6) is 5.75 Å². The first-order valence-corrected chi connectivity index (χ1v) is 8.26. The highest BCUT2D eigenvalue weighted by Gasteiger charge is 2.17. The number of esters is 1. The highest BCUT2D eigenvalue weighted by Crippen LogP contribution is 2.14. The Kier molecular flexibility index (Phi) is 6.57. The Morgan fingerprint density at radius 3 is 2.28 bits per heavy atom. The lowest BCUT2D eigenvalue weighted by atomic mass is 10.1. The van der Waals surface area contributed by atoms with Crippen LogP contribution in [0.15, 0.2) is 48.5 Å². The third-order valence-electron chi connectivity index (χ3n) is 3.66. The zero-order chi connectivity index (χ0) is 18.2. The van der Waals surface area contributed by atoms with Crippen molar-refractivity contribution in [1.82, 2.24) is 0 Å². The van der Waals surface area contributed by atoms with Crippen molar-refractivity contribution in [2.24, 2.45) is 0 Å².